The first kappa shape index (κ1) is 32.3. The van der Waals surface area contributed by atoms with Crippen molar-refractivity contribution >= 4 is 40.4 Å². The Hall–Kier alpha value is -5.12. The molecule has 0 spiro atoms. The van der Waals surface area contributed by atoms with Gasteiger partial charge in [-0.05, 0) is 67.5 Å². The minimum Gasteiger partial charge on any atom is -0.434 e. The Morgan fingerprint density at radius 3 is 2.13 bits per heavy atom. The topological polar surface area (TPSA) is 139 Å². The molecule has 1 aliphatic rings. The van der Waals surface area contributed by atoms with Crippen LogP contribution in [0.15, 0.2) is 83.3 Å². The second-order valence-corrected chi connectivity index (χ2v) is 12.1. The minimum atomic E-state index is -1.10. The summed E-state index contributed by atoms with van der Waals surface area (Å²) in [5, 5.41) is 5.64. The number of fused-ring (bicyclic) bond motifs is 2. The Balaban J connectivity index is 1.39. The summed E-state index contributed by atoms with van der Waals surface area (Å²) in [5.74, 6) is -2.50. The van der Waals surface area contributed by atoms with Gasteiger partial charge in [-0.2, -0.15) is 0 Å². The number of oxazole rings is 1. The summed E-state index contributed by atoms with van der Waals surface area (Å²) in [4.78, 5) is 72.3. The highest BCUT2D eigenvalue weighted by Crippen LogP contribution is 2.27. The maximum absolute atomic E-state index is 14.3. The van der Waals surface area contributed by atoms with E-state index in [-0.39, 0.29) is 48.9 Å². The summed E-state index contributed by atoms with van der Waals surface area (Å²) >= 11 is 0. The highest BCUT2D eigenvalue weighted by atomic mass is 16.4. The zero-order valence-electron chi connectivity index (χ0n) is 26.2. The number of nitrogens with zero attached hydrogens (tertiary/aromatic N) is 2. The molecule has 2 atom stereocenters. The predicted octanol–water partition coefficient (Wildman–Crippen LogP) is 4.32. The van der Waals surface area contributed by atoms with E-state index >= 15 is 0 Å². The molecule has 0 radical (unpaired) electrons. The van der Waals surface area contributed by atoms with Crippen molar-refractivity contribution in [2.45, 2.75) is 64.6 Å². The van der Waals surface area contributed by atoms with Crippen LogP contribution >= 0.6 is 0 Å². The summed E-state index contributed by atoms with van der Waals surface area (Å²) in [6, 6.07) is 21.1. The number of amides is 3. The van der Waals surface area contributed by atoms with E-state index in [0.29, 0.717) is 29.5 Å². The van der Waals surface area contributed by atoms with E-state index in [9.17, 15) is 24.0 Å². The monoisotopic (exact) mass is 622 g/mol. The minimum absolute atomic E-state index is 0.0448. The highest BCUT2D eigenvalue weighted by molar-refractivity contribution is 6.01. The number of rotatable bonds is 13. The van der Waals surface area contributed by atoms with Gasteiger partial charge in [0.2, 0.25) is 17.6 Å². The van der Waals surface area contributed by atoms with E-state index in [4.69, 9.17) is 4.42 Å². The average Bonchev–Trinajstić information content (AvgIpc) is 3.68. The van der Waals surface area contributed by atoms with Gasteiger partial charge >= 0.3 is 0 Å². The molecule has 2 N–H and O–H groups in total. The quantitative estimate of drug-likeness (QED) is 0.212. The Kier molecular flexibility index (Phi) is 10.0. The molecule has 0 aliphatic heterocycles. The number of Topliss-reactive ketones (excluding diaryl/α,β-unsaturated/α-hetero) is 2. The predicted molar refractivity (Wildman–Crippen MR) is 172 cm³/mol. The Labute approximate surface area is 267 Å². The summed E-state index contributed by atoms with van der Waals surface area (Å²) < 4.78 is 5.67. The van der Waals surface area contributed by atoms with Crippen molar-refractivity contribution in [3.63, 3.8) is 0 Å². The van der Waals surface area contributed by atoms with E-state index in [1.54, 1.807) is 54.6 Å². The number of hydrogen-bond acceptors (Lipinski definition) is 7. The zero-order chi connectivity index (χ0) is 32.8. The van der Waals surface area contributed by atoms with Crippen LogP contribution < -0.4 is 10.6 Å². The van der Waals surface area contributed by atoms with Crippen molar-refractivity contribution in [3.8, 4) is 0 Å². The SMILES string of the molecule is CC(=O)CCC(NC(=O)CN(C(=O)C(NC(=O)c1ccccc1)C(C)C)C1Cc2ccccc2C1)C(=O)c1nc2ccccc2o1. The molecule has 10 heteroatoms. The molecule has 0 fully saturated rings. The first-order valence-electron chi connectivity index (χ1n) is 15.5. The van der Waals surface area contributed by atoms with Gasteiger partial charge in [0.1, 0.15) is 17.3 Å². The molecule has 1 aliphatic carbocycles. The fourth-order valence-electron chi connectivity index (χ4n) is 5.79. The molecule has 5 rings (SSSR count). The summed E-state index contributed by atoms with van der Waals surface area (Å²) in [6.07, 6.45) is 1.19. The molecule has 1 aromatic heterocycles. The summed E-state index contributed by atoms with van der Waals surface area (Å²) in [5.41, 5.74) is 3.52. The van der Waals surface area contributed by atoms with Gasteiger partial charge in [-0.1, -0.05) is 68.4 Å². The lowest BCUT2D eigenvalue weighted by atomic mass is 10.00. The van der Waals surface area contributed by atoms with Crippen molar-refractivity contribution in [2.75, 3.05) is 6.54 Å². The second kappa shape index (κ2) is 14.3. The third kappa shape index (κ3) is 7.56. The highest BCUT2D eigenvalue weighted by Gasteiger charge is 2.37. The maximum atomic E-state index is 14.3. The van der Waals surface area contributed by atoms with Crippen molar-refractivity contribution in [1.29, 1.82) is 0 Å². The lowest BCUT2D eigenvalue weighted by molar-refractivity contribution is -0.140. The van der Waals surface area contributed by atoms with Crippen LogP contribution in [0, 0.1) is 5.92 Å². The zero-order valence-corrected chi connectivity index (χ0v) is 26.2. The molecule has 3 amide bonds. The number of nitrogens with one attached hydrogen (secondary N) is 2. The third-order valence-corrected chi connectivity index (χ3v) is 8.26. The Morgan fingerprint density at radius 1 is 0.870 bits per heavy atom. The largest absolute Gasteiger partial charge is 0.434 e. The maximum Gasteiger partial charge on any atom is 0.266 e. The standard InChI is InChI=1S/C36H38N4O6/c1-22(2)32(39-34(44)24-11-5-4-6-12-24)36(45)40(27-19-25-13-7-8-14-26(25)20-27)21-31(42)37-29(18-17-23(3)41)33(43)35-38-28-15-9-10-16-30(28)46-35/h4-16,22,27,29,32H,17-21H2,1-3H3,(H,37,42)(H,39,44). The van der Waals surface area contributed by atoms with E-state index in [1.807, 2.05) is 38.1 Å². The average molecular weight is 623 g/mol. The Bertz CT molecular complexity index is 1690. The number of para-hydroxylation sites is 2. The van der Waals surface area contributed by atoms with Crippen LogP contribution in [-0.4, -0.2) is 63.8 Å². The van der Waals surface area contributed by atoms with Crippen LogP contribution in [-0.2, 0) is 27.2 Å². The smallest absolute Gasteiger partial charge is 0.266 e. The van der Waals surface area contributed by atoms with Crippen LogP contribution in [0.4, 0.5) is 0 Å². The second-order valence-electron chi connectivity index (χ2n) is 12.1. The van der Waals surface area contributed by atoms with Gasteiger partial charge in [-0.15, -0.1) is 0 Å². The van der Waals surface area contributed by atoms with E-state index in [1.165, 1.54) is 11.8 Å². The van der Waals surface area contributed by atoms with Crippen LogP contribution in [0.1, 0.15) is 65.8 Å². The lowest BCUT2D eigenvalue weighted by Gasteiger charge is -2.34. The van der Waals surface area contributed by atoms with E-state index in [0.717, 1.165) is 11.1 Å². The van der Waals surface area contributed by atoms with Gasteiger partial charge < -0.3 is 24.7 Å². The Morgan fingerprint density at radius 2 is 1.50 bits per heavy atom. The molecule has 1 heterocycles. The van der Waals surface area contributed by atoms with E-state index < -0.39 is 29.7 Å². The summed E-state index contributed by atoms with van der Waals surface area (Å²) in [6.45, 7) is 4.74. The molecule has 0 saturated heterocycles. The molecule has 0 saturated carbocycles. The molecular weight excluding hydrogens is 584 g/mol. The van der Waals surface area contributed by atoms with Gasteiger partial charge in [0.25, 0.3) is 11.8 Å². The van der Waals surface area contributed by atoms with Gasteiger partial charge in [-0.25, -0.2) is 4.98 Å². The van der Waals surface area contributed by atoms with Gasteiger partial charge in [0.15, 0.2) is 5.58 Å². The lowest BCUT2D eigenvalue weighted by Crippen LogP contribution is -2.57. The van der Waals surface area contributed by atoms with Crippen LogP contribution in [0.2, 0.25) is 0 Å². The fourth-order valence-corrected chi connectivity index (χ4v) is 5.79. The molecule has 2 unspecified atom stereocenters. The van der Waals surface area contributed by atoms with Crippen LogP contribution in [0.5, 0.6) is 0 Å². The molecule has 0 bridgehead atoms. The number of benzene rings is 3. The van der Waals surface area contributed by atoms with Crippen molar-refractivity contribution in [2.24, 2.45) is 5.92 Å². The molecular formula is C36H38N4O6. The number of aromatic nitrogens is 1. The first-order valence-corrected chi connectivity index (χ1v) is 15.5. The number of carbonyl (C=O) groups is 5. The van der Waals surface area contributed by atoms with Crippen molar-refractivity contribution < 1.29 is 28.4 Å². The summed E-state index contributed by atoms with van der Waals surface area (Å²) in [7, 11) is 0. The normalized spacial score (nSPS) is 14.0. The molecule has 3 aromatic carbocycles. The molecule has 238 valence electrons. The van der Waals surface area contributed by atoms with Crippen LogP contribution in [0.3, 0.4) is 0 Å². The molecule has 4 aromatic rings. The molecule has 10 nitrogen and oxygen atoms in total. The third-order valence-electron chi connectivity index (χ3n) is 8.26. The molecule has 46 heavy (non-hydrogen) atoms. The number of carbonyl (C=O) groups excluding carboxylic acids is 5. The van der Waals surface area contributed by atoms with Gasteiger partial charge in [0, 0.05) is 18.0 Å². The van der Waals surface area contributed by atoms with Gasteiger partial charge in [0.05, 0.1) is 12.6 Å². The van der Waals surface area contributed by atoms with Crippen LogP contribution in [0.25, 0.3) is 11.1 Å². The first-order chi connectivity index (χ1) is 22.1. The van der Waals surface area contributed by atoms with Crippen molar-refractivity contribution in [3.05, 3.63) is 101 Å². The number of hydrogen-bond donors (Lipinski definition) is 2. The van der Waals surface area contributed by atoms with E-state index in [2.05, 4.69) is 15.6 Å². The fraction of sp³-hybridized carbons (Fsp3) is 0.333. The van der Waals surface area contributed by atoms with Gasteiger partial charge in [-0.3, -0.25) is 19.2 Å². The van der Waals surface area contributed by atoms with Crippen molar-refractivity contribution in [1.82, 2.24) is 20.5 Å². The number of ketones is 2.